The van der Waals surface area contributed by atoms with E-state index in [1.165, 1.54) is 12.4 Å². The molecule has 2 aromatic heterocycles. The zero-order valence-corrected chi connectivity index (χ0v) is 9.16. The standard InChI is InChI=1S/C10H11N5O2/c1-15-5-4-11-7(15)6-14-9-8(10(16)17)12-2-3-13-9/h2-5H,6H2,1H3,(H,13,14)(H,16,17). The third-order valence-electron chi connectivity index (χ3n) is 2.24. The molecule has 0 radical (unpaired) electrons. The van der Waals surface area contributed by atoms with Gasteiger partial charge in [0.25, 0.3) is 0 Å². The van der Waals surface area contributed by atoms with E-state index in [9.17, 15) is 4.79 Å². The fraction of sp³-hybridized carbons (Fsp3) is 0.200. The molecule has 7 heteroatoms. The number of aromatic nitrogens is 4. The lowest BCUT2D eigenvalue weighted by molar-refractivity contribution is 0.0691. The fourth-order valence-corrected chi connectivity index (χ4v) is 1.35. The van der Waals surface area contributed by atoms with Crippen molar-refractivity contribution in [3.63, 3.8) is 0 Å². The second kappa shape index (κ2) is 4.60. The van der Waals surface area contributed by atoms with Gasteiger partial charge in [0, 0.05) is 31.8 Å². The summed E-state index contributed by atoms with van der Waals surface area (Å²) < 4.78 is 1.84. The minimum absolute atomic E-state index is 0.0956. The molecule has 0 unspecified atom stereocenters. The van der Waals surface area contributed by atoms with Crippen LogP contribution in [-0.2, 0) is 13.6 Å². The first kappa shape index (κ1) is 11.1. The Labute approximate surface area is 97.2 Å². The van der Waals surface area contributed by atoms with Gasteiger partial charge in [-0.25, -0.2) is 19.7 Å². The molecule has 0 atom stereocenters. The van der Waals surface area contributed by atoms with Crippen LogP contribution < -0.4 is 5.32 Å². The van der Waals surface area contributed by atoms with Crippen LogP contribution in [0.4, 0.5) is 5.82 Å². The highest BCUT2D eigenvalue weighted by Crippen LogP contribution is 2.09. The number of hydrogen-bond acceptors (Lipinski definition) is 5. The number of carboxylic acids is 1. The van der Waals surface area contributed by atoms with Crippen LogP contribution in [0.3, 0.4) is 0 Å². The van der Waals surface area contributed by atoms with Crippen LogP contribution in [-0.4, -0.2) is 30.6 Å². The fourth-order valence-electron chi connectivity index (χ4n) is 1.35. The minimum Gasteiger partial charge on any atom is -0.476 e. The van der Waals surface area contributed by atoms with Crippen molar-refractivity contribution in [2.75, 3.05) is 5.32 Å². The molecule has 17 heavy (non-hydrogen) atoms. The third-order valence-corrected chi connectivity index (χ3v) is 2.24. The summed E-state index contributed by atoms with van der Waals surface area (Å²) in [5.74, 6) is -0.0876. The van der Waals surface area contributed by atoms with Gasteiger partial charge in [0.1, 0.15) is 5.82 Å². The van der Waals surface area contributed by atoms with Gasteiger partial charge in [0.2, 0.25) is 0 Å². The molecule has 0 saturated heterocycles. The number of aromatic carboxylic acids is 1. The second-order valence-electron chi connectivity index (χ2n) is 3.37. The smallest absolute Gasteiger partial charge is 0.358 e. The Morgan fingerprint density at radius 1 is 1.35 bits per heavy atom. The van der Waals surface area contributed by atoms with Gasteiger partial charge in [0.05, 0.1) is 6.54 Å². The number of rotatable bonds is 4. The number of nitrogens with zero attached hydrogens (tertiary/aromatic N) is 4. The maximum absolute atomic E-state index is 10.9. The van der Waals surface area contributed by atoms with Crippen LogP contribution in [0, 0.1) is 0 Å². The van der Waals surface area contributed by atoms with E-state index in [2.05, 4.69) is 20.3 Å². The van der Waals surface area contributed by atoms with Crippen LogP contribution in [0.25, 0.3) is 0 Å². The average Bonchev–Trinajstić information content (AvgIpc) is 2.72. The Morgan fingerprint density at radius 3 is 2.76 bits per heavy atom. The number of anilines is 1. The van der Waals surface area contributed by atoms with Gasteiger partial charge < -0.3 is 15.0 Å². The zero-order valence-electron chi connectivity index (χ0n) is 9.16. The van der Waals surface area contributed by atoms with Crippen molar-refractivity contribution in [3.8, 4) is 0 Å². The number of carbonyl (C=O) groups is 1. The summed E-state index contributed by atoms with van der Waals surface area (Å²) >= 11 is 0. The van der Waals surface area contributed by atoms with Crippen molar-refractivity contribution < 1.29 is 9.90 Å². The van der Waals surface area contributed by atoms with Crippen molar-refractivity contribution >= 4 is 11.8 Å². The number of nitrogens with one attached hydrogen (secondary N) is 1. The van der Waals surface area contributed by atoms with Gasteiger partial charge in [-0.2, -0.15) is 0 Å². The molecular formula is C10H11N5O2. The number of imidazole rings is 1. The molecule has 2 heterocycles. The van der Waals surface area contributed by atoms with E-state index in [1.807, 2.05) is 17.8 Å². The van der Waals surface area contributed by atoms with Crippen molar-refractivity contribution in [1.82, 2.24) is 19.5 Å². The Balaban J connectivity index is 2.14. The van der Waals surface area contributed by atoms with Crippen molar-refractivity contribution in [3.05, 3.63) is 36.3 Å². The Kier molecular flexibility index (Phi) is 2.99. The Hall–Kier alpha value is -2.44. The molecule has 0 fully saturated rings. The van der Waals surface area contributed by atoms with Crippen molar-refractivity contribution in [2.45, 2.75) is 6.54 Å². The second-order valence-corrected chi connectivity index (χ2v) is 3.37. The topological polar surface area (TPSA) is 92.9 Å². The van der Waals surface area contributed by atoms with Crippen LogP contribution in [0.2, 0.25) is 0 Å². The first-order chi connectivity index (χ1) is 8.18. The highest BCUT2D eigenvalue weighted by molar-refractivity contribution is 5.90. The molecule has 0 aromatic carbocycles. The Bertz CT molecular complexity index is 537. The molecule has 0 amide bonds. The zero-order chi connectivity index (χ0) is 12.3. The summed E-state index contributed by atoms with van der Waals surface area (Å²) in [4.78, 5) is 22.7. The first-order valence-electron chi connectivity index (χ1n) is 4.93. The summed E-state index contributed by atoms with van der Waals surface area (Å²) in [7, 11) is 1.86. The lowest BCUT2D eigenvalue weighted by atomic mass is 10.4. The van der Waals surface area contributed by atoms with E-state index in [1.54, 1.807) is 6.20 Å². The molecule has 7 nitrogen and oxygen atoms in total. The maximum atomic E-state index is 10.9. The van der Waals surface area contributed by atoms with Gasteiger partial charge in [-0.15, -0.1) is 0 Å². The molecule has 0 aliphatic heterocycles. The van der Waals surface area contributed by atoms with E-state index >= 15 is 0 Å². The summed E-state index contributed by atoms with van der Waals surface area (Å²) in [6.45, 7) is 0.391. The highest BCUT2D eigenvalue weighted by Gasteiger charge is 2.12. The highest BCUT2D eigenvalue weighted by atomic mass is 16.4. The van der Waals surface area contributed by atoms with Gasteiger partial charge in [-0.05, 0) is 0 Å². The maximum Gasteiger partial charge on any atom is 0.358 e. The normalized spacial score (nSPS) is 10.2. The SMILES string of the molecule is Cn1ccnc1CNc1nccnc1C(=O)O. The molecule has 88 valence electrons. The third kappa shape index (κ3) is 2.39. The van der Waals surface area contributed by atoms with Crippen LogP contribution in [0.1, 0.15) is 16.3 Å². The molecular weight excluding hydrogens is 222 g/mol. The molecule has 2 N–H and O–H groups in total. The summed E-state index contributed by atoms with van der Waals surface area (Å²) in [5.41, 5.74) is -0.0956. The quantitative estimate of drug-likeness (QED) is 0.799. The first-order valence-corrected chi connectivity index (χ1v) is 4.93. The van der Waals surface area contributed by atoms with Crippen LogP contribution >= 0.6 is 0 Å². The number of hydrogen-bond donors (Lipinski definition) is 2. The van der Waals surface area contributed by atoms with Crippen molar-refractivity contribution in [1.29, 1.82) is 0 Å². The largest absolute Gasteiger partial charge is 0.476 e. The van der Waals surface area contributed by atoms with E-state index in [-0.39, 0.29) is 11.5 Å². The van der Waals surface area contributed by atoms with Gasteiger partial charge in [-0.1, -0.05) is 0 Å². The monoisotopic (exact) mass is 233 g/mol. The number of carboxylic acid groups (broad SMARTS) is 1. The minimum atomic E-state index is -1.11. The van der Waals surface area contributed by atoms with Crippen LogP contribution in [0.15, 0.2) is 24.8 Å². The lowest BCUT2D eigenvalue weighted by Crippen LogP contribution is -2.12. The average molecular weight is 233 g/mol. The molecule has 0 saturated carbocycles. The van der Waals surface area contributed by atoms with E-state index in [0.29, 0.717) is 6.54 Å². The van der Waals surface area contributed by atoms with Gasteiger partial charge >= 0.3 is 5.97 Å². The van der Waals surface area contributed by atoms with E-state index < -0.39 is 5.97 Å². The summed E-state index contributed by atoms with van der Waals surface area (Å²) in [6.07, 6.45) is 6.26. The van der Waals surface area contributed by atoms with Crippen molar-refractivity contribution in [2.24, 2.45) is 7.05 Å². The van der Waals surface area contributed by atoms with Gasteiger partial charge in [-0.3, -0.25) is 0 Å². The molecule has 2 aromatic rings. The van der Waals surface area contributed by atoms with Crippen LogP contribution in [0.5, 0.6) is 0 Å². The number of aryl methyl sites for hydroxylation is 1. The summed E-state index contributed by atoms with van der Waals surface area (Å²) in [5, 5.41) is 11.8. The Morgan fingerprint density at radius 2 is 2.12 bits per heavy atom. The van der Waals surface area contributed by atoms with E-state index in [4.69, 9.17) is 5.11 Å². The molecule has 0 spiro atoms. The predicted molar refractivity (Wildman–Crippen MR) is 59.5 cm³/mol. The predicted octanol–water partition coefficient (Wildman–Crippen LogP) is 0.520. The molecule has 0 aliphatic rings. The molecule has 0 aliphatic carbocycles. The summed E-state index contributed by atoms with van der Waals surface area (Å²) in [6, 6.07) is 0. The lowest BCUT2D eigenvalue weighted by Gasteiger charge is -2.07. The van der Waals surface area contributed by atoms with Gasteiger partial charge in [0.15, 0.2) is 11.5 Å². The van der Waals surface area contributed by atoms with E-state index in [0.717, 1.165) is 5.82 Å². The molecule has 0 bridgehead atoms. The molecule has 2 rings (SSSR count).